The fourth-order valence-corrected chi connectivity index (χ4v) is 2.61. The number of hydrogen-bond acceptors (Lipinski definition) is 4. The molecule has 22 heavy (non-hydrogen) atoms. The van der Waals surface area contributed by atoms with E-state index in [2.05, 4.69) is 5.32 Å². The summed E-state index contributed by atoms with van der Waals surface area (Å²) < 4.78 is 4.87. The van der Waals surface area contributed by atoms with Crippen LogP contribution in [0, 0.1) is 0 Å². The third-order valence-electron chi connectivity index (χ3n) is 3.32. The zero-order valence-corrected chi connectivity index (χ0v) is 13.4. The molecule has 0 saturated carbocycles. The van der Waals surface area contributed by atoms with Crippen LogP contribution in [0.1, 0.15) is 5.56 Å². The highest BCUT2D eigenvalue weighted by molar-refractivity contribution is 6.36. The number of halogens is 2. The van der Waals surface area contributed by atoms with Crippen molar-refractivity contribution < 1.29 is 14.6 Å². The average molecular weight is 340 g/mol. The number of aliphatic hydroxyl groups is 1. The molecule has 1 unspecified atom stereocenters. The minimum atomic E-state index is -1.45. The second-order valence-electron chi connectivity index (χ2n) is 4.67. The molecule has 0 aromatic heterocycles. The van der Waals surface area contributed by atoms with E-state index >= 15 is 0 Å². The van der Waals surface area contributed by atoms with Crippen molar-refractivity contribution in [2.75, 3.05) is 19.0 Å². The van der Waals surface area contributed by atoms with Crippen LogP contribution in [0.25, 0.3) is 0 Å². The minimum absolute atomic E-state index is 0.338. The van der Waals surface area contributed by atoms with Crippen LogP contribution in [0.3, 0.4) is 0 Å². The second kappa shape index (κ2) is 7.01. The third-order valence-corrected chi connectivity index (χ3v) is 3.86. The number of carbonyl (C=O) groups is 1. The van der Waals surface area contributed by atoms with Gasteiger partial charge in [-0.2, -0.15) is 0 Å². The van der Waals surface area contributed by atoms with E-state index in [0.29, 0.717) is 21.3 Å². The molecule has 0 amide bonds. The topological polar surface area (TPSA) is 58.6 Å². The lowest BCUT2D eigenvalue weighted by molar-refractivity contribution is -0.148. The SMILES string of the molecule is COC(=O)C(CO)(Nc1ccc(Cl)cc1Cl)c1ccccc1. The molecule has 2 N–H and O–H groups in total. The van der Waals surface area contributed by atoms with Gasteiger partial charge in [-0.25, -0.2) is 4.79 Å². The summed E-state index contributed by atoms with van der Waals surface area (Å²) in [6, 6.07) is 13.6. The molecule has 1 atom stereocenters. The van der Waals surface area contributed by atoms with E-state index in [-0.39, 0.29) is 0 Å². The molecule has 0 aliphatic carbocycles. The number of nitrogens with one attached hydrogen (secondary N) is 1. The number of anilines is 1. The number of carbonyl (C=O) groups excluding carboxylic acids is 1. The molecule has 2 aromatic rings. The smallest absolute Gasteiger partial charge is 0.338 e. The number of hydrogen-bond donors (Lipinski definition) is 2. The van der Waals surface area contributed by atoms with Gasteiger partial charge < -0.3 is 15.2 Å². The summed E-state index contributed by atoms with van der Waals surface area (Å²) in [6.45, 7) is -0.497. The number of esters is 1. The maximum Gasteiger partial charge on any atom is 0.338 e. The largest absolute Gasteiger partial charge is 0.467 e. The summed E-state index contributed by atoms with van der Waals surface area (Å²) in [5, 5.41) is 13.7. The molecule has 0 aliphatic rings. The average Bonchev–Trinajstić information content (AvgIpc) is 2.54. The molecule has 2 aromatic carbocycles. The van der Waals surface area contributed by atoms with Crippen molar-refractivity contribution in [2.24, 2.45) is 0 Å². The Kier molecular flexibility index (Phi) is 5.29. The van der Waals surface area contributed by atoms with Crippen LogP contribution in [-0.2, 0) is 15.1 Å². The Hall–Kier alpha value is -1.75. The first-order chi connectivity index (χ1) is 10.5. The summed E-state index contributed by atoms with van der Waals surface area (Å²) >= 11 is 12.0. The van der Waals surface area contributed by atoms with Crippen LogP contribution >= 0.6 is 23.2 Å². The fraction of sp³-hybridized carbons (Fsp3) is 0.188. The normalized spacial score (nSPS) is 13.3. The minimum Gasteiger partial charge on any atom is -0.467 e. The molecular weight excluding hydrogens is 325 g/mol. The molecule has 4 nitrogen and oxygen atoms in total. The summed E-state index contributed by atoms with van der Waals surface area (Å²) in [6.07, 6.45) is 0. The second-order valence-corrected chi connectivity index (χ2v) is 5.51. The van der Waals surface area contributed by atoms with Crippen LogP contribution in [0.15, 0.2) is 48.5 Å². The van der Waals surface area contributed by atoms with E-state index in [1.807, 2.05) is 6.07 Å². The van der Waals surface area contributed by atoms with Crippen molar-refractivity contribution >= 4 is 34.9 Å². The van der Waals surface area contributed by atoms with E-state index in [1.165, 1.54) is 7.11 Å². The van der Waals surface area contributed by atoms with Crippen molar-refractivity contribution in [1.82, 2.24) is 0 Å². The lowest BCUT2D eigenvalue weighted by Crippen LogP contribution is -2.47. The van der Waals surface area contributed by atoms with Gasteiger partial charge in [-0.15, -0.1) is 0 Å². The summed E-state index contributed by atoms with van der Waals surface area (Å²) in [5.74, 6) is -0.618. The van der Waals surface area contributed by atoms with Crippen molar-refractivity contribution in [3.63, 3.8) is 0 Å². The van der Waals surface area contributed by atoms with Gasteiger partial charge in [0.25, 0.3) is 0 Å². The Morgan fingerprint density at radius 1 is 1.23 bits per heavy atom. The van der Waals surface area contributed by atoms with Gasteiger partial charge in [-0.3, -0.25) is 0 Å². The predicted octanol–water partition coefficient (Wildman–Crippen LogP) is 3.47. The molecule has 0 fully saturated rings. The van der Waals surface area contributed by atoms with Gasteiger partial charge in [0, 0.05) is 5.02 Å². The molecule has 0 saturated heterocycles. The molecule has 0 bridgehead atoms. The Labute approximate surface area is 138 Å². The van der Waals surface area contributed by atoms with Gasteiger partial charge >= 0.3 is 5.97 Å². The molecule has 6 heteroatoms. The highest BCUT2D eigenvalue weighted by Crippen LogP contribution is 2.33. The zero-order chi connectivity index (χ0) is 16.2. The first-order valence-electron chi connectivity index (χ1n) is 6.51. The van der Waals surface area contributed by atoms with Crippen molar-refractivity contribution in [3.8, 4) is 0 Å². The number of methoxy groups -OCH3 is 1. The van der Waals surface area contributed by atoms with Crippen LogP contribution in [0.2, 0.25) is 10.0 Å². The Bertz CT molecular complexity index is 664. The molecule has 2 rings (SSSR count). The Morgan fingerprint density at radius 3 is 2.45 bits per heavy atom. The van der Waals surface area contributed by atoms with Gasteiger partial charge in [0.05, 0.1) is 24.4 Å². The number of ether oxygens (including phenoxy) is 1. The van der Waals surface area contributed by atoms with Crippen LogP contribution < -0.4 is 5.32 Å². The maximum absolute atomic E-state index is 12.3. The van der Waals surface area contributed by atoms with Crippen molar-refractivity contribution in [1.29, 1.82) is 0 Å². The van der Waals surface area contributed by atoms with E-state index in [1.54, 1.807) is 42.5 Å². The quantitative estimate of drug-likeness (QED) is 0.819. The molecular formula is C16H15Cl2NO3. The summed E-state index contributed by atoms with van der Waals surface area (Å²) in [5.41, 5.74) is -0.419. The number of benzene rings is 2. The summed E-state index contributed by atoms with van der Waals surface area (Å²) in [4.78, 5) is 12.3. The van der Waals surface area contributed by atoms with Gasteiger partial charge in [0.2, 0.25) is 0 Å². The fourth-order valence-electron chi connectivity index (χ4n) is 2.15. The molecule has 0 heterocycles. The van der Waals surface area contributed by atoms with Crippen LogP contribution in [0.5, 0.6) is 0 Å². The van der Waals surface area contributed by atoms with Gasteiger partial charge in [-0.05, 0) is 23.8 Å². The van der Waals surface area contributed by atoms with Gasteiger partial charge in [-0.1, -0.05) is 53.5 Å². The standard InChI is InChI=1S/C16H15Cl2NO3/c1-22-15(21)16(10-20,11-5-3-2-4-6-11)19-14-8-7-12(17)9-13(14)18/h2-9,19-20H,10H2,1H3. The third kappa shape index (κ3) is 3.19. The lowest BCUT2D eigenvalue weighted by Gasteiger charge is -2.32. The zero-order valence-electron chi connectivity index (χ0n) is 11.8. The predicted molar refractivity (Wildman–Crippen MR) is 87.3 cm³/mol. The Balaban J connectivity index is 2.51. The van der Waals surface area contributed by atoms with Crippen molar-refractivity contribution in [3.05, 3.63) is 64.1 Å². The summed E-state index contributed by atoms with van der Waals surface area (Å²) in [7, 11) is 1.26. The highest BCUT2D eigenvalue weighted by atomic mass is 35.5. The lowest BCUT2D eigenvalue weighted by atomic mass is 9.90. The molecule has 0 aliphatic heterocycles. The van der Waals surface area contributed by atoms with Crippen molar-refractivity contribution in [2.45, 2.75) is 5.54 Å². The Morgan fingerprint density at radius 2 is 1.91 bits per heavy atom. The highest BCUT2D eigenvalue weighted by Gasteiger charge is 2.41. The number of aliphatic hydroxyl groups excluding tert-OH is 1. The molecule has 116 valence electrons. The first kappa shape index (κ1) is 16.6. The number of rotatable bonds is 5. The van der Waals surface area contributed by atoms with Gasteiger partial charge in [0.15, 0.2) is 5.54 Å². The van der Waals surface area contributed by atoms with E-state index < -0.39 is 18.1 Å². The maximum atomic E-state index is 12.3. The van der Waals surface area contributed by atoms with Crippen LogP contribution in [-0.4, -0.2) is 24.8 Å². The van der Waals surface area contributed by atoms with E-state index in [0.717, 1.165) is 0 Å². The monoisotopic (exact) mass is 339 g/mol. The first-order valence-corrected chi connectivity index (χ1v) is 7.27. The molecule has 0 spiro atoms. The van der Waals surface area contributed by atoms with E-state index in [4.69, 9.17) is 27.9 Å². The molecule has 0 radical (unpaired) electrons. The van der Waals surface area contributed by atoms with Gasteiger partial charge in [0.1, 0.15) is 0 Å². The van der Waals surface area contributed by atoms with E-state index in [9.17, 15) is 9.90 Å². The van der Waals surface area contributed by atoms with Crippen LogP contribution in [0.4, 0.5) is 5.69 Å².